The van der Waals surface area contributed by atoms with E-state index < -0.39 is 5.41 Å². The molecule has 108 valence electrons. The summed E-state index contributed by atoms with van der Waals surface area (Å²) < 4.78 is 6.23. The van der Waals surface area contributed by atoms with Crippen LogP contribution in [-0.4, -0.2) is 24.1 Å². The molecule has 1 aliphatic rings. The van der Waals surface area contributed by atoms with Crippen LogP contribution in [-0.2, 0) is 9.53 Å². The number of amides is 1. The number of rotatable bonds is 3. The number of hydrogen-bond donors (Lipinski definition) is 2. The summed E-state index contributed by atoms with van der Waals surface area (Å²) >= 11 is 8.53. The maximum Gasteiger partial charge on any atom is 0.237 e. The van der Waals surface area contributed by atoms with Crippen LogP contribution < -0.4 is 11.1 Å². The van der Waals surface area contributed by atoms with E-state index in [-0.39, 0.29) is 10.9 Å². The summed E-state index contributed by atoms with van der Waals surface area (Å²) in [6.07, 6.45) is 1.06. The van der Waals surface area contributed by atoms with Crippen LogP contribution in [0.15, 0.2) is 22.7 Å². The summed E-state index contributed by atoms with van der Waals surface area (Å²) in [6.45, 7) is 2.95. The Morgan fingerprint density at radius 3 is 2.70 bits per heavy atom. The number of halogens is 1. The Balaban J connectivity index is 2.25. The lowest BCUT2D eigenvalue weighted by atomic mass is 9.79. The first-order valence-electron chi connectivity index (χ1n) is 6.41. The monoisotopic (exact) mass is 356 g/mol. The highest BCUT2D eigenvalue weighted by atomic mass is 79.9. The van der Waals surface area contributed by atoms with E-state index in [0.717, 1.165) is 15.7 Å². The molecule has 0 spiro atoms. The van der Waals surface area contributed by atoms with Crippen molar-refractivity contribution in [2.75, 3.05) is 18.5 Å². The van der Waals surface area contributed by atoms with E-state index in [4.69, 9.17) is 22.7 Å². The first kappa shape index (κ1) is 15.4. The molecule has 1 aromatic carbocycles. The molecule has 2 rings (SSSR count). The Morgan fingerprint density at radius 1 is 1.45 bits per heavy atom. The normalized spacial score (nSPS) is 17.5. The van der Waals surface area contributed by atoms with Gasteiger partial charge < -0.3 is 15.8 Å². The lowest BCUT2D eigenvalue weighted by Gasteiger charge is -2.34. The summed E-state index contributed by atoms with van der Waals surface area (Å²) in [6, 6.07) is 5.75. The number of hydrogen-bond acceptors (Lipinski definition) is 3. The molecule has 1 saturated heterocycles. The topological polar surface area (TPSA) is 64.4 Å². The molecule has 1 heterocycles. The number of benzene rings is 1. The van der Waals surface area contributed by atoms with Gasteiger partial charge >= 0.3 is 0 Å². The van der Waals surface area contributed by atoms with Gasteiger partial charge in [-0.2, -0.15) is 0 Å². The highest BCUT2D eigenvalue weighted by Gasteiger charge is 2.43. The largest absolute Gasteiger partial charge is 0.392 e. The average molecular weight is 357 g/mol. The molecule has 6 heteroatoms. The third-order valence-corrected chi connectivity index (χ3v) is 4.58. The van der Waals surface area contributed by atoms with Crippen LogP contribution in [0, 0.1) is 12.3 Å². The summed E-state index contributed by atoms with van der Waals surface area (Å²) in [4.78, 5) is 12.9. The molecule has 0 aromatic heterocycles. The third-order valence-electron chi connectivity index (χ3n) is 3.70. The highest BCUT2D eigenvalue weighted by Crippen LogP contribution is 2.33. The van der Waals surface area contributed by atoms with Gasteiger partial charge in [-0.05, 0) is 37.5 Å². The Hall–Kier alpha value is -0.980. The second-order valence-electron chi connectivity index (χ2n) is 4.97. The molecule has 20 heavy (non-hydrogen) atoms. The average Bonchev–Trinajstić information content (AvgIpc) is 2.43. The van der Waals surface area contributed by atoms with Crippen LogP contribution in [0.25, 0.3) is 0 Å². The number of carbonyl (C=O) groups is 1. The van der Waals surface area contributed by atoms with E-state index in [2.05, 4.69) is 21.2 Å². The quantitative estimate of drug-likeness (QED) is 0.817. The van der Waals surface area contributed by atoms with Gasteiger partial charge in [0.05, 0.1) is 4.99 Å². The van der Waals surface area contributed by atoms with E-state index in [1.54, 1.807) is 0 Å². The smallest absolute Gasteiger partial charge is 0.237 e. The fourth-order valence-electron chi connectivity index (χ4n) is 2.28. The van der Waals surface area contributed by atoms with Crippen molar-refractivity contribution in [3.8, 4) is 0 Å². The van der Waals surface area contributed by atoms with Gasteiger partial charge in [0.2, 0.25) is 5.91 Å². The second kappa shape index (κ2) is 6.20. The molecule has 0 aliphatic carbocycles. The fraction of sp³-hybridized carbons (Fsp3) is 0.429. The first-order chi connectivity index (χ1) is 9.45. The van der Waals surface area contributed by atoms with Crippen molar-refractivity contribution >= 4 is 44.7 Å². The minimum Gasteiger partial charge on any atom is -0.392 e. The van der Waals surface area contributed by atoms with E-state index in [1.165, 1.54) is 0 Å². The molecular weight excluding hydrogens is 340 g/mol. The molecule has 1 amide bonds. The summed E-state index contributed by atoms with van der Waals surface area (Å²) in [5.74, 6) is -0.144. The summed E-state index contributed by atoms with van der Waals surface area (Å²) in [5.41, 5.74) is 6.79. The van der Waals surface area contributed by atoms with Crippen LogP contribution in [0.5, 0.6) is 0 Å². The Morgan fingerprint density at radius 2 is 2.10 bits per heavy atom. The number of aryl methyl sites for hydroxylation is 1. The highest BCUT2D eigenvalue weighted by molar-refractivity contribution is 9.10. The SMILES string of the molecule is Cc1ccc(Br)cc1NC(=O)C1(C(N)=S)CCOCC1. The van der Waals surface area contributed by atoms with Crippen LogP contribution in [0.3, 0.4) is 0 Å². The molecular formula is C14H17BrN2O2S. The number of nitrogens with two attached hydrogens (primary N) is 1. The molecule has 1 fully saturated rings. The van der Waals surface area contributed by atoms with Gasteiger partial charge in [-0.1, -0.05) is 34.2 Å². The molecule has 0 atom stereocenters. The van der Waals surface area contributed by atoms with Crippen molar-refractivity contribution in [3.63, 3.8) is 0 Å². The zero-order valence-electron chi connectivity index (χ0n) is 11.2. The fourth-order valence-corrected chi connectivity index (χ4v) is 2.93. The van der Waals surface area contributed by atoms with Gasteiger partial charge in [0, 0.05) is 23.4 Å². The molecule has 0 radical (unpaired) electrons. The number of nitrogens with one attached hydrogen (secondary N) is 1. The van der Waals surface area contributed by atoms with Gasteiger partial charge in [-0.25, -0.2) is 0 Å². The van der Waals surface area contributed by atoms with Gasteiger partial charge in [0.25, 0.3) is 0 Å². The van der Waals surface area contributed by atoms with Crippen molar-refractivity contribution in [1.82, 2.24) is 0 Å². The lowest BCUT2D eigenvalue weighted by molar-refractivity contribution is -0.126. The van der Waals surface area contributed by atoms with E-state index in [1.807, 2.05) is 25.1 Å². The van der Waals surface area contributed by atoms with Gasteiger partial charge in [-0.15, -0.1) is 0 Å². The molecule has 0 bridgehead atoms. The van der Waals surface area contributed by atoms with Crippen LogP contribution >= 0.6 is 28.1 Å². The second-order valence-corrected chi connectivity index (χ2v) is 6.33. The predicted octanol–water partition coefficient (Wildman–Crippen LogP) is 2.78. The van der Waals surface area contributed by atoms with Crippen molar-refractivity contribution < 1.29 is 9.53 Å². The van der Waals surface area contributed by atoms with E-state index >= 15 is 0 Å². The number of carbonyl (C=O) groups excluding carboxylic acids is 1. The lowest BCUT2D eigenvalue weighted by Crippen LogP contribution is -2.49. The van der Waals surface area contributed by atoms with Crippen LogP contribution in [0.4, 0.5) is 5.69 Å². The van der Waals surface area contributed by atoms with Crippen molar-refractivity contribution in [1.29, 1.82) is 0 Å². The maximum absolute atomic E-state index is 12.6. The van der Waals surface area contributed by atoms with Gasteiger partial charge in [0.1, 0.15) is 5.41 Å². The minimum atomic E-state index is -0.803. The zero-order chi connectivity index (χ0) is 14.8. The summed E-state index contributed by atoms with van der Waals surface area (Å²) in [7, 11) is 0. The maximum atomic E-state index is 12.6. The molecule has 0 unspecified atom stereocenters. The van der Waals surface area contributed by atoms with Crippen molar-refractivity contribution in [2.45, 2.75) is 19.8 Å². The molecule has 4 nitrogen and oxygen atoms in total. The Kier molecular flexibility index (Phi) is 4.78. The molecule has 1 aromatic rings. The predicted molar refractivity (Wildman–Crippen MR) is 86.8 cm³/mol. The van der Waals surface area contributed by atoms with Crippen LogP contribution in [0.2, 0.25) is 0 Å². The van der Waals surface area contributed by atoms with Crippen molar-refractivity contribution in [2.24, 2.45) is 11.1 Å². The number of thiocarbonyl (C=S) groups is 1. The van der Waals surface area contributed by atoms with E-state index in [0.29, 0.717) is 26.1 Å². The zero-order valence-corrected chi connectivity index (χ0v) is 13.6. The standard InChI is InChI=1S/C14H17BrN2O2S/c1-9-2-3-10(15)8-11(9)17-13(18)14(12(16)20)4-6-19-7-5-14/h2-3,8H,4-7H2,1H3,(H2,16,20)(H,17,18). The molecule has 3 N–H and O–H groups in total. The Labute approximate surface area is 132 Å². The van der Waals surface area contributed by atoms with Crippen molar-refractivity contribution in [3.05, 3.63) is 28.2 Å². The van der Waals surface area contributed by atoms with E-state index in [9.17, 15) is 4.79 Å². The van der Waals surface area contributed by atoms with Gasteiger partial charge in [-0.3, -0.25) is 4.79 Å². The molecule has 1 aliphatic heterocycles. The van der Waals surface area contributed by atoms with Gasteiger partial charge in [0.15, 0.2) is 0 Å². The Bertz CT molecular complexity index is 542. The third kappa shape index (κ3) is 3.02. The van der Waals surface area contributed by atoms with Crippen LogP contribution in [0.1, 0.15) is 18.4 Å². The summed E-state index contributed by atoms with van der Waals surface area (Å²) in [5, 5.41) is 2.95. The number of ether oxygens (including phenoxy) is 1. The molecule has 0 saturated carbocycles. The number of anilines is 1. The first-order valence-corrected chi connectivity index (χ1v) is 7.61. The minimum absolute atomic E-state index is 0.144.